The normalized spacial score (nSPS) is 10.5. The topological polar surface area (TPSA) is 44.2 Å². The molecule has 19 heavy (non-hydrogen) atoms. The number of hydrogen-bond acceptors (Lipinski definition) is 4. The van der Waals surface area contributed by atoms with Crippen molar-refractivity contribution in [1.29, 1.82) is 0 Å². The van der Waals surface area contributed by atoms with E-state index in [9.17, 15) is 4.39 Å². The Kier molecular flexibility index (Phi) is 4.68. The molecule has 2 aromatic rings. The van der Waals surface area contributed by atoms with Gasteiger partial charge in [-0.1, -0.05) is 11.6 Å². The molecular weight excluding hydrogens is 338 g/mol. The Balaban J connectivity index is 2.24. The fourth-order valence-corrected chi connectivity index (χ4v) is 1.79. The van der Waals surface area contributed by atoms with Gasteiger partial charge in [0.25, 0.3) is 0 Å². The minimum absolute atomic E-state index is 0.214. The zero-order chi connectivity index (χ0) is 13.8. The molecule has 0 N–H and O–H groups in total. The Morgan fingerprint density at radius 3 is 2.79 bits per heavy atom. The maximum Gasteiger partial charge on any atom is 0.224 e. The van der Waals surface area contributed by atoms with Crippen molar-refractivity contribution in [2.75, 3.05) is 7.11 Å². The molecule has 100 valence electrons. The molecule has 0 bridgehead atoms. The Bertz CT molecular complexity index is 598. The second-order valence-corrected chi connectivity index (χ2v) is 4.80. The third-order valence-corrected chi connectivity index (χ3v) is 2.94. The van der Waals surface area contributed by atoms with Gasteiger partial charge in [-0.2, -0.15) is 4.98 Å². The molecule has 2 rings (SSSR count). The van der Waals surface area contributed by atoms with Gasteiger partial charge in [-0.3, -0.25) is 0 Å². The highest BCUT2D eigenvalue weighted by atomic mass is 79.9. The van der Waals surface area contributed by atoms with Crippen molar-refractivity contribution in [3.05, 3.63) is 45.5 Å². The summed E-state index contributed by atoms with van der Waals surface area (Å²) in [6.45, 7) is 0.214. The molecule has 0 aliphatic carbocycles. The fraction of sp³-hybridized carbons (Fsp3) is 0.167. The standard InChI is InChI=1S/C12H9BrClFN2O2/c1-18-6-11-16-10(14)5-12(17-11)19-7-2-3-8(13)9(15)4-7/h2-5H,6H2,1H3. The molecule has 1 aromatic heterocycles. The quantitative estimate of drug-likeness (QED) is 0.785. The monoisotopic (exact) mass is 346 g/mol. The van der Waals surface area contributed by atoms with Crippen LogP contribution in [0.3, 0.4) is 0 Å². The van der Waals surface area contributed by atoms with Crippen LogP contribution in [0.4, 0.5) is 4.39 Å². The first-order valence-electron chi connectivity index (χ1n) is 5.24. The summed E-state index contributed by atoms with van der Waals surface area (Å²) in [7, 11) is 1.52. The maximum atomic E-state index is 13.4. The van der Waals surface area contributed by atoms with Gasteiger partial charge in [0.2, 0.25) is 5.88 Å². The van der Waals surface area contributed by atoms with Gasteiger partial charge in [0, 0.05) is 19.2 Å². The van der Waals surface area contributed by atoms with Crippen LogP contribution in [-0.2, 0) is 11.3 Å². The van der Waals surface area contributed by atoms with Crippen LogP contribution in [0.1, 0.15) is 5.82 Å². The predicted octanol–water partition coefficient (Wildman–Crippen LogP) is 3.97. The van der Waals surface area contributed by atoms with E-state index in [1.165, 1.54) is 19.2 Å². The van der Waals surface area contributed by atoms with Gasteiger partial charge in [0.15, 0.2) is 5.82 Å². The van der Waals surface area contributed by atoms with E-state index in [4.69, 9.17) is 21.1 Å². The zero-order valence-electron chi connectivity index (χ0n) is 9.86. The number of halogens is 3. The van der Waals surface area contributed by atoms with Crippen LogP contribution in [0.15, 0.2) is 28.7 Å². The van der Waals surface area contributed by atoms with E-state index in [0.29, 0.717) is 16.0 Å². The first-order chi connectivity index (χ1) is 9.08. The van der Waals surface area contributed by atoms with Crippen molar-refractivity contribution >= 4 is 27.5 Å². The Morgan fingerprint density at radius 2 is 2.11 bits per heavy atom. The fourth-order valence-electron chi connectivity index (χ4n) is 1.35. The van der Waals surface area contributed by atoms with E-state index < -0.39 is 5.82 Å². The van der Waals surface area contributed by atoms with Gasteiger partial charge < -0.3 is 9.47 Å². The molecule has 0 saturated heterocycles. The largest absolute Gasteiger partial charge is 0.439 e. The molecule has 1 heterocycles. The lowest BCUT2D eigenvalue weighted by molar-refractivity contribution is 0.177. The summed E-state index contributed by atoms with van der Waals surface area (Å²) in [5, 5.41) is 0.231. The van der Waals surface area contributed by atoms with E-state index in [2.05, 4.69) is 25.9 Å². The molecule has 0 aliphatic rings. The molecule has 1 aromatic carbocycles. The molecule has 0 saturated carbocycles. The van der Waals surface area contributed by atoms with Gasteiger partial charge in [-0.15, -0.1) is 0 Å². The molecule has 4 nitrogen and oxygen atoms in total. The van der Waals surface area contributed by atoms with Crippen LogP contribution in [0.2, 0.25) is 5.15 Å². The Labute approximate surface area is 122 Å². The van der Waals surface area contributed by atoms with Crippen LogP contribution in [0.25, 0.3) is 0 Å². The third-order valence-electron chi connectivity index (χ3n) is 2.10. The number of methoxy groups -OCH3 is 1. The van der Waals surface area contributed by atoms with Crippen molar-refractivity contribution < 1.29 is 13.9 Å². The average Bonchev–Trinajstić information content (AvgIpc) is 2.33. The van der Waals surface area contributed by atoms with Crippen LogP contribution < -0.4 is 4.74 Å². The van der Waals surface area contributed by atoms with Gasteiger partial charge in [0.05, 0.1) is 4.47 Å². The number of hydrogen-bond donors (Lipinski definition) is 0. The van der Waals surface area contributed by atoms with Crippen molar-refractivity contribution in [3.63, 3.8) is 0 Å². The molecule has 0 aliphatic heterocycles. The summed E-state index contributed by atoms with van der Waals surface area (Å²) >= 11 is 8.90. The molecule has 0 spiro atoms. The van der Waals surface area contributed by atoms with Crippen molar-refractivity contribution in [3.8, 4) is 11.6 Å². The summed E-state index contributed by atoms with van der Waals surface area (Å²) in [4.78, 5) is 8.06. The first kappa shape index (κ1) is 14.2. The second kappa shape index (κ2) is 6.27. The lowest BCUT2D eigenvalue weighted by Gasteiger charge is -2.07. The highest BCUT2D eigenvalue weighted by Gasteiger charge is 2.07. The summed E-state index contributed by atoms with van der Waals surface area (Å²) < 4.78 is 24.1. The molecule has 0 amide bonds. The number of ether oxygens (including phenoxy) is 2. The minimum Gasteiger partial charge on any atom is -0.439 e. The van der Waals surface area contributed by atoms with Crippen LogP contribution in [-0.4, -0.2) is 17.1 Å². The summed E-state index contributed by atoms with van der Waals surface area (Å²) in [5.41, 5.74) is 0. The lowest BCUT2D eigenvalue weighted by atomic mass is 10.3. The van der Waals surface area contributed by atoms with E-state index in [1.807, 2.05) is 0 Å². The number of aromatic nitrogens is 2. The number of rotatable bonds is 4. The number of benzene rings is 1. The van der Waals surface area contributed by atoms with Crippen LogP contribution in [0.5, 0.6) is 11.6 Å². The zero-order valence-corrected chi connectivity index (χ0v) is 12.2. The highest BCUT2D eigenvalue weighted by molar-refractivity contribution is 9.10. The van der Waals surface area contributed by atoms with Crippen molar-refractivity contribution in [2.45, 2.75) is 6.61 Å². The van der Waals surface area contributed by atoms with Crippen molar-refractivity contribution in [1.82, 2.24) is 9.97 Å². The SMILES string of the molecule is COCc1nc(Cl)cc(Oc2ccc(Br)c(F)c2)n1. The first-order valence-corrected chi connectivity index (χ1v) is 6.41. The second-order valence-electron chi connectivity index (χ2n) is 3.56. The van der Waals surface area contributed by atoms with E-state index >= 15 is 0 Å². The number of nitrogens with zero attached hydrogens (tertiary/aromatic N) is 2. The average molecular weight is 348 g/mol. The van der Waals surface area contributed by atoms with Crippen LogP contribution >= 0.6 is 27.5 Å². The summed E-state index contributed by atoms with van der Waals surface area (Å²) in [5.74, 6) is 0.518. The minimum atomic E-state index is -0.422. The Morgan fingerprint density at radius 1 is 1.32 bits per heavy atom. The van der Waals surface area contributed by atoms with Gasteiger partial charge >= 0.3 is 0 Å². The third kappa shape index (κ3) is 3.86. The van der Waals surface area contributed by atoms with Gasteiger partial charge in [-0.25, -0.2) is 9.37 Å². The predicted molar refractivity (Wildman–Crippen MR) is 71.9 cm³/mol. The summed E-state index contributed by atoms with van der Waals surface area (Å²) in [6, 6.07) is 5.85. The van der Waals surface area contributed by atoms with E-state index in [-0.39, 0.29) is 17.6 Å². The lowest BCUT2D eigenvalue weighted by Crippen LogP contribution is -1.99. The Hall–Kier alpha value is -1.24. The van der Waals surface area contributed by atoms with Gasteiger partial charge in [0.1, 0.15) is 23.3 Å². The van der Waals surface area contributed by atoms with Crippen molar-refractivity contribution in [2.24, 2.45) is 0 Å². The molecule has 0 fully saturated rings. The molecule has 0 radical (unpaired) electrons. The van der Waals surface area contributed by atoms with E-state index in [1.54, 1.807) is 12.1 Å². The van der Waals surface area contributed by atoms with Crippen LogP contribution in [0, 0.1) is 5.82 Å². The molecular formula is C12H9BrClFN2O2. The maximum absolute atomic E-state index is 13.4. The van der Waals surface area contributed by atoms with E-state index in [0.717, 1.165) is 0 Å². The van der Waals surface area contributed by atoms with Gasteiger partial charge in [-0.05, 0) is 28.1 Å². The highest BCUT2D eigenvalue weighted by Crippen LogP contribution is 2.25. The molecule has 7 heteroatoms. The summed E-state index contributed by atoms with van der Waals surface area (Å²) in [6.07, 6.45) is 0. The molecule has 0 unspecified atom stereocenters. The molecule has 0 atom stereocenters. The smallest absolute Gasteiger partial charge is 0.224 e.